The van der Waals surface area contributed by atoms with Crippen molar-refractivity contribution in [2.75, 3.05) is 19.8 Å². The number of hydrogen-bond donors (Lipinski definition) is 2. The van der Waals surface area contributed by atoms with E-state index >= 15 is 0 Å². The molecule has 1 rings (SSSR count). The average molecular weight is 265 g/mol. The van der Waals surface area contributed by atoms with Gasteiger partial charge in [0.2, 0.25) is 10.0 Å². The number of sulfonamides is 1. The molecule has 1 atom stereocenters. The van der Waals surface area contributed by atoms with Crippen molar-refractivity contribution in [2.45, 2.75) is 44.4 Å². The first-order valence-electron chi connectivity index (χ1n) is 6.15. The van der Waals surface area contributed by atoms with Crippen molar-refractivity contribution in [3.05, 3.63) is 0 Å². The van der Waals surface area contributed by atoms with Gasteiger partial charge >= 0.3 is 0 Å². The Morgan fingerprint density at radius 1 is 1.35 bits per heavy atom. The zero-order valence-corrected chi connectivity index (χ0v) is 11.4. The SMILES string of the molecule is CC(C)CC(CO)NS(=O)(=O)C1CCOCC1. The van der Waals surface area contributed by atoms with E-state index in [4.69, 9.17) is 4.74 Å². The normalized spacial score (nSPS) is 20.7. The van der Waals surface area contributed by atoms with Gasteiger partial charge in [0.15, 0.2) is 0 Å². The fourth-order valence-electron chi connectivity index (χ4n) is 2.04. The van der Waals surface area contributed by atoms with Crippen LogP contribution in [0.3, 0.4) is 0 Å². The van der Waals surface area contributed by atoms with Crippen molar-refractivity contribution < 1.29 is 18.3 Å². The monoisotopic (exact) mass is 265 g/mol. The van der Waals surface area contributed by atoms with Gasteiger partial charge in [0.25, 0.3) is 0 Å². The second-order valence-electron chi connectivity index (χ2n) is 4.98. The van der Waals surface area contributed by atoms with E-state index in [-0.39, 0.29) is 17.9 Å². The van der Waals surface area contributed by atoms with E-state index in [1.54, 1.807) is 0 Å². The molecule has 5 nitrogen and oxygen atoms in total. The standard InChI is InChI=1S/C11H23NO4S/c1-9(2)7-10(8-13)12-17(14,15)11-3-5-16-6-4-11/h9-13H,3-8H2,1-2H3. The Hall–Kier alpha value is -0.170. The third kappa shape index (κ3) is 4.91. The Labute approximate surface area is 104 Å². The lowest BCUT2D eigenvalue weighted by Crippen LogP contribution is -2.45. The highest BCUT2D eigenvalue weighted by atomic mass is 32.2. The van der Waals surface area contributed by atoms with E-state index in [0.717, 1.165) is 0 Å². The van der Waals surface area contributed by atoms with Crippen LogP contribution in [-0.4, -0.2) is 44.6 Å². The van der Waals surface area contributed by atoms with Crippen LogP contribution in [0, 0.1) is 5.92 Å². The number of hydrogen-bond acceptors (Lipinski definition) is 4. The molecule has 0 bridgehead atoms. The molecule has 1 fully saturated rings. The molecule has 1 aliphatic rings. The first-order valence-corrected chi connectivity index (χ1v) is 7.70. The average Bonchev–Trinajstić information content (AvgIpc) is 2.28. The van der Waals surface area contributed by atoms with Crippen LogP contribution in [0.4, 0.5) is 0 Å². The molecular formula is C11H23NO4S. The molecule has 0 aromatic carbocycles. The molecule has 1 aliphatic heterocycles. The van der Waals surface area contributed by atoms with Gasteiger partial charge in [0, 0.05) is 19.3 Å². The van der Waals surface area contributed by atoms with Gasteiger partial charge in [-0.2, -0.15) is 0 Å². The van der Waals surface area contributed by atoms with Crippen molar-refractivity contribution >= 4 is 10.0 Å². The summed E-state index contributed by atoms with van der Waals surface area (Å²) in [6.07, 6.45) is 1.73. The Morgan fingerprint density at radius 2 is 1.94 bits per heavy atom. The van der Waals surface area contributed by atoms with Gasteiger partial charge in [-0.1, -0.05) is 13.8 Å². The number of aliphatic hydroxyl groups is 1. The predicted octanol–water partition coefficient (Wildman–Crippen LogP) is 0.492. The number of rotatable bonds is 6. The fourth-order valence-corrected chi connectivity index (χ4v) is 3.68. The Balaban J connectivity index is 2.56. The molecule has 6 heteroatoms. The second kappa shape index (κ2) is 6.68. The molecule has 1 heterocycles. The summed E-state index contributed by atoms with van der Waals surface area (Å²) in [5.74, 6) is 0.351. The van der Waals surface area contributed by atoms with Gasteiger partial charge in [-0.3, -0.25) is 0 Å². The van der Waals surface area contributed by atoms with Crippen LogP contribution in [0.1, 0.15) is 33.1 Å². The molecular weight excluding hydrogens is 242 g/mol. The first kappa shape index (κ1) is 14.9. The van der Waals surface area contributed by atoms with Crippen LogP contribution in [0.25, 0.3) is 0 Å². The molecule has 0 aliphatic carbocycles. The molecule has 2 N–H and O–H groups in total. The van der Waals surface area contributed by atoms with Crippen molar-refractivity contribution in [3.8, 4) is 0 Å². The lowest BCUT2D eigenvalue weighted by atomic mass is 10.1. The molecule has 0 saturated carbocycles. The third-order valence-electron chi connectivity index (χ3n) is 2.91. The summed E-state index contributed by atoms with van der Waals surface area (Å²) in [4.78, 5) is 0. The number of ether oxygens (including phenoxy) is 1. The lowest BCUT2D eigenvalue weighted by Gasteiger charge is -2.25. The van der Waals surface area contributed by atoms with Gasteiger partial charge in [0.1, 0.15) is 0 Å². The fraction of sp³-hybridized carbons (Fsp3) is 1.00. The minimum absolute atomic E-state index is 0.152. The van der Waals surface area contributed by atoms with Crippen LogP contribution < -0.4 is 4.72 Å². The Kier molecular flexibility index (Phi) is 5.85. The van der Waals surface area contributed by atoms with Gasteiger partial charge in [-0.15, -0.1) is 0 Å². The summed E-state index contributed by atoms with van der Waals surface area (Å²) in [6, 6.07) is -0.372. The van der Waals surface area contributed by atoms with Crippen LogP contribution in [0.15, 0.2) is 0 Å². The van der Waals surface area contributed by atoms with E-state index < -0.39 is 10.0 Å². The van der Waals surface area contributed by atoms with E-state index in [0.29, 0.717) is 38.4 Å². The predicted molar refractivity (Wildman–Crippen MR) is 66.2 cm³/mol. The molecule has 102 valence electrons. The maximum absolute atomic E-state index is 12.1. The number of aliphatic hydroxyl groups excluding tert-OH is 1. The summed E-state index contributed by atoms with van der Waals surface area (Å²) in [6.45, 7) is 4.86. The molecule has 1 saturated heterocycles. The first-order chi connectivity index (χ1) is 7.95. The largest absolute Gasteiger partial charge is 0.395 e. The molecule has 0 aromatic rings. The Morgan fingerprint density at radius 3 is 2.41 bits per heavy atom. The van der Waals surface area contributed by atoms with Gasteiger partial charge in [-0.25, -0.2) is 13.1 Å². The molecule has 1 unspecified atom stereocenters. The quantitative estimate of drug-likeness (QED) is 0.733. The molecule has 0 amide bonds. The van der Waals surface area contributed by atoms with E-state index in [1.165, 1.54) is 0 Å². The van der Waals surface area contributed by atoms with Crippen molar-refractivity contribution in [1.29, 1.82) is 0 Å². The van der Waals surface area contributed by atoms with Gasteiger partial charge < -0.3 is 9.84 Å². The molecule has 0 radical (unpaired) electrons. The van der Waals surface area contributed by atoms with Gasteiger partial charge in [0.05, 0.1) is 11.9 Å². The van der Waals surface area contributed by atoms with E-state index in [2.05, 4.69) is 4.72 Å². The van der Waals surface area contributed by atoms with Crippen LogP contribution in [0.5, 0.6) is 0 Å². The maximum atomic E-state index is 12.1. The minimum atomic E-state index is -3.33. The zero-order chi connectivity index (χ0) is 12.9. The summed E-state index contributed by atoms with van der Waals surface area (Å²) in [5.41, 5.74) is 0. The minimum Gasteiger partial charge on any atom is -0.395 e. The highest BCUT2D eigenvalue weighted by molar-refractivity contribution is 7.90. The van der Waals surface area contributed by atoms with Crippen molar-refractivity contribution in [3.63, 3.8) is 0 Å². The van der Waals surface area contributed by atoms with E-state index in [9.17, 15) is 13.5 Å². The molecule has 17 heavy (non-hydrogen) atoms. The highest BCUT2D eigenvalue weighted by Crippen LogP contribution is 2.16. The zero-order valence-electron chi connectivity index (χ0n) is 10.6. The summed E-state index contributed by atoms with van der Waals surface area (Å²) >= 11 is 0. The van der Waals surface area contributed by atoms with Crippen LogP contribution in [0.2, 0.25) is 0 Å². The highest BCUT2D eigenvalue weighted by Gasteiger charge is 2.29. The summed E-state index contributed by atoms with van der Waals surface area (Å²) < 4.78 is 31.9. The summed E-state index contributed by atoms with van der Waals surface area (Å²) in [7, 11) is -3.33. The molecule has 0 spiro atoms. The molecule has 0 aromatic heterocycles. The number of nitrogens with one attached hydrogen (secondary N) is 1. The van der Waals surface area contributed by atoms with Crippen LogP contribution >= 0.6 is 0 Å². The van der Waals surface area contributed by atoms with E-state index in [1.807, 2.05) is 13.8 Å². The summed E-state index contributed by atoms with van der Waals surface area (Å²) in [5, 5.41) is 8.81. The Bertz CT molecular complexity index is 309. The van der Waals surface area contributed by atoms with Crippen molar-refractivity contribution in [2.24, 2.45) is 5.92 Å². The third-order valence-corrected chi connectivity index (χ3v) is 4.93. The lowest BCUT2D eigenvalue weighted by molar-refractivity contribution is 0.0979. The topological polar surface area (TPSA) is 75.6 Å². The van der Waals surface area contributed by atoms with Crippen LogP contribution in [-0.2, 0) is 14.8 Å². The van der Waals surface area contributed by atoms with Gasteiger partial charge in [-0.05, 0) is 25.2 Å². The maximum Gasteiger partial charge on any atom is 0.214 e. The smallest absolute Gasteiger partial charge is 0.214 e. The van der Waals surface area contributed by atoms with Crippen molar-refractivity contribution in [1.82, 2.24) is 4.72 Å². The second-order valence-corrected chi connectivity index (χ2v) is 6.98.